The van der Waals surface area contributed by atoms with Crippen LogP contribution in [0.25, 0.3) is 33.1 Å². The third-order valence-electron chi connectivity index (χ3n) is 6.91. The Morgan fingerprint density at radius 2 is 2.06 bits per heavy atom. The molecule has 2 aliphatic rings. The fourth-order valence-electron chi connectivity index (χ4n) is 4.89. The minimum atomic E-state index is -3.28. The van der Waals surface area contributed by atoms with Crippen LogP contribution in [-0.4, -0.2) is 68.0 Å². The third-order valence-corrected chi connectivity index (χ3v) is 9.17. The molecule has 4 aromatic rings. The van der Waals surface area contributed by atoms with Gasteiger partial charge in [-0.1, -0.05) is 12.1 Å². The van der Waals surface area contributed by atoms with Crippen LogP contribution in [0.15, 0.2) is 53.6 Å². The van der Waals surface area contributed by atoms with E-state index in [1.807, 2.05) is 37.4 Å². The van der Waals surface area contributed by atoms with E-state index in [9.17, 15) is 8.42 Å². The van der Waals surface area contributed by atoms with Crippen LogP contribution in [0.5, 0.6) is 5.75 Å². The number of hydrogen-bond acceptors (Lipinski definition) is 6. The van der Waals surface area contributed by atoms with Gasteiger partial charge in [-0.15, -0.1) is 0 Å². The maximum Gasteiger partial charge on any atom is 0.181 e. The number of benzene rings is 2. The Labute approximate surface area is 205 Å². The highest BCUT2D eigenvalue weighted by molar-refractivity contribution is 7.92. The zero-order valence-corrected chi connectivity index (χ0v) is 20.8. The highest BCUT2D eigenvalue weighted by atomic mass is 32.2. The molecule has 1 N–H and O–H groups in total. The monoisotopic (exact) mass is 491 g/mol. The van der Waals surface area contributed by atoms with Crippen molar-refractivity contribution in [2.24, 2.45) is 0 Å². The van der Waals surface area contributed by atoms with Crippen LogP contribution in [0.4, 0.5) is 0 Å². The second-order valence-electron chi connectivity index (χ2n) is 9.73. The molecule has 3 heterocycles. The summed E-state index contributed by atoms with van der Waals surface area (Å²) in [5.41, 5.74) is 4.50. The van der Waals surface area contributed by atoms with Gasteiger partial charge in [0.2, 0.25) is 0 Å². The number of pyridine rings is 1. The second kappa shape index (κ2) is 8.62. The fraction of sp³-hybridized carbons (Fsp3) is 0.370. The Bertz CT molecular complexity index is 1520. The van der Waals surface area contributed by atoms with Gasteiger partial charge in [0.15, 0.2) is 9.84 Å². The van der Waals surface area contributed by atoms with E-state index >= 15 is 0 Å². The average Bonchev–Trinajstić information content (AvgIpc) is 3.65. The van der Waals surface area contributed by atoms with Crippen LogP contribution >= 0.6 is 0 Å². The van der Waals surface area contributed by atoms with E-state index in [4.69, 9.17) is 9.47 Å². The quantitative estimate of drug-likeness (QED) is 0.432. The Hall–Kier alpha value is -2.94. The number of ether oxygens (including phenoxy) is 2. The van der Waals surface area contributed by atoms with Crippen LogP contribution in [0, 0.1) is 6.92 Å². The zero-order valence-electron chi connectivity index (χ0n) is 20.0. The maximum atomic E-state index is 12.9. The number of rotatable bonds is 6. The first-order valence-electron chi connectivity index (χ1n) is 12.1. The predicted molar refractivity (Wildman–Crippen MR) is 137 cm³/mol. The van der Waals surface area contributed by atoms with E-state index in [1.54, 1.807) is 12.1 Å². The van der Waals surface area contributed by atoms with Crippen molar-refractivity contribution in [3.63, 3.8) is 0 Å². The van der Waals surface area contributed by atoms with Crippen LogP contribution in [-0.2, 0) is 14.6 Å². The molecule has 2 fully saturated rings. The summed E-state index contributed by atoms with van der Waals surface area (Å²) >= 11 is 0. The highest BCUT2D eigenvalue weighted by Gasteiger charge is 2.37. The van der Waals surface area contributed by atoms with Crippen LogP contribution < -0.4 is 4.74 Å². The molecule has 0 amide bonds. The van der Waals surface area contributed by atoms with Crippen molar-refractivity contribution in [1.82, 2.24) is 14.9 Å². The second-order valence-corrected chi connectivity index (χ2v) is 12.0. The normalized spacial score (nSPS) is 19.4. The van der Waals surface area contributed by atoms with Gasteiger partial charge in [0, 0.05) is 30.1 Å². The number of likely N-dealkylation sites (N-methyl/N-ethyl adjacent to an activating group) is 1. The van der Waals surface area contributed by atoms with Crippen LogP contribution in [0.1, 0.15) is 18.4 Å². The first-order valence-corrected chi connectivity index (χ1v) is 13.6. The van der Waals surface area contributed by atoms with Gasteiger partial charge in [0.1, 0.15) is 24.1 Å². The van der Waals surface area contributed by atoms with Gasteiger partial charge in [-0.25, -0.2) is 13.4 Å². The molecule has 0 bridgehead atoms. The van der Waals surface area contributed by atoms with Gasteiger partial charge in [-0.05, 0) is 73.8 Å². The number of nitrogens with one attached hydrogen (secondary N) is 1. The average molecular weight is 492 g/mol. The molecule has 0 spiro atoms. The Balaban J connectivity index is 1.45. The Morgan fingerprint density at radius 3 is 2.86 bits per heavy atom. The van der Waals surface area contributed by atoms with Crippen molar-refractivity contribution in [3.8, 4) is 16.9 Å². The third kappa shape index (κ3) is 4.20. The molecule has 1 aliphatic carbocycles. The summed E-state index contributed by atoms with van der Waals surface area (Å²) in [5.74, 6) is 0.734. The topological polar surface area (TPSA) is 84.5 Å². The van der Waals surface area contributed by atoms with Crippen molar-refractivity contribution in [2.75, 3.05) is 33.4 Å². The Morgan fingerprint density at radius 1 is 1.20 bits per heavy atom. The summed E-state index contributed by atoms with van der Waals surface area (Å²) < 4.78 is 38.0. The van der Waals surface area contributed by atoms with E-state index in [0.29, 0.717) is 18.1 Å². The number of sulfone groups is 1. The summed E-state index contributed by atoms with van der Waals surface area (Å²) in [6.45, 7) is 4.93. The number of nitrogens with zero attached hydrogens (tertiary/aromatic N) is 2. The summed E-state index contributed by atoms with van der Waals surface area (Å²) in [5, 5.41) is 1.73. The van der Waals surface area contributed by atoms with Crippen molar-refractivity contribution in [2.45, 2.75) is 36.0 Å². The number of H-pyrrole nitrogens is 1. The van der Waals surface area contributed by atoms with E-state index in [-0.39, 0.29) is 11.4 Å². The SMILES string of the molecule is Cc1cnc2[nH]c3c(OC[C@@H]4CN(C)CCO4)ccc(-c4cccc(S(=O)(=O)C5CC5)c4)c3c2c1. The molecule has 7 nitrogen and oxygen atoms in total. The molecule has 35 heavy (non-hydrogen) atoms. The van der Waals surface area contributed by atoms with Gasteiger partial charge in [-0.2, -0.15) is 0 Å². The zero-order chi connectivity index (χ0) is 24.2. The number of hydrogen-bond donors (Lipinski definition) is 1. The summed E-state index contributed by atoms with van der Waals surface area (Å²) in [7, 11) is -1.19. The Kier molecular flexibility index (Phi) is 5.55. The molecule has 8 heteroatoms. The lowest BCUT2D eigenvalue weighted by molar-refractivity contribution is -0.0401. The number of aromatic amines is 1. The predicted octanol–water partition coefficient (Wildman–Crippen LogP) is 4.34. The molecule has 1 aliphatic heterocycles. The van der Waals surface area contributed by atoms with Crippen molar-refractivity contribution in [1.29, 1.82) is 0 Å². The molecule has 1 saturated carbocycles. The summed E-state index contributed by atoms with van der Waals surface area (Å²) in [4.78, 5) is 10.7. The molecule has 1 saturated heterocycles. The van der Waals surface area contributed by atoms with E-state index < -0.39 is 9.84 Å². The first-order chi connectivity index (χ1) is 16.9. The lowest BCUT2D eigenvalue weighted by Gasteiger charge is -2.29. The van der Waals surface area contributed by atoms with Crippen LogP contribution in [0.2, 0.25) is 0 Å². The van der Waals surface area contributed by atoms with E-state index in [1.165, 1.54) is 0 Å². The van der Waals surface area contributed by atoms with Gasteiger partial charge in [0.05, 0.1) is 22.3 Å². The van der Waals surface area contributed by atoms with Gasteiger partial charge < -0.3 is 19.4 Å². The number of aryl methyl sites for hydroxylation is 1. The van der Waals surface area contributed by atoms with Crippen molar-refractivity contribution >= 4 is 31.8 Å². The lowest BCUT2D eigenvalue weighted by atomic mass is 9.99. The number of fused-ring (bicyclic) bond motifs is 3. The van der Waals surface area contributed by atoms with Gasteiger partial charge in [0.25, 0.3) is 0 Å². The molecular formula is C27H29N3O4S. The van der Waals surface area contributed by atoms with Crippen LogP contribution in [0.3, 0.4) is 0 Å². The molecule has 1 atom stereocenters. The minimum absolute atomic E-state index is 0.0116. The molecule has 2 aromatic carbocycles. The van der Waals surface area contributed by atoms with Gasteiger partial charge >= 0.3 is 0 Å². The molecular weight excluding hydrogens is 462 g/mol. The standard InChI is InChI=1S/C27H29N3O4S/c1-17-12-23-25-22(18-4-3-5-21(13-18)35(31,32)20-6-7-20)8-9-24(26(25)29-27(23)28-14-17)34-16-19-15-30(2)10-11-33-19/h3-5,8-9,12-14,19-20H,6-7,10-11,15-16H2,1-2H3,(H,28,29)/t19-/m0/s1. The number of morpholine rings is 1. The smallest absolute Gasteiger partial charge is 0.181 e. The lowest BCUT2D eigenvalue weighted by Crippen LogP contribution is -2.42. The largest absolute Gasteiger partial charge is 0.489 e. The fourth-order valence-corrected chi connectivity index (χ4v) is 6.59. The molecule has 6 rings (SSSR count). The maximum absolute atomic E-state index is 12.9. The van der Waals surface area contributed by atoms with E-state index in [0.717, 1.165) is 70.3 Å². The highest BCUT2D eigenvalue weighted by Crippen LogP contribution is 2.40. The molecule has 0 radical (unpaired) electrons. The summed E-state index contributed by atoms with van der Waals surface area (Å²) in [6.07, 6.45) is 3.34. The van der Waals surface area contributed by atoms with E-state index in [2.05, 4.69) is 28.0 Å². The number of aromatic nitrogens is 2. The molecule has 0 unspecified atom stereocenters. The minimum Gasteiger partial charge on any atom is -0.489 e. The van der Waals surface area contributed by atoms with Crippen molar-refractivity contribution in [3.05, 3.63) is 54.2 Å². The molecule has 2 aromatic heterocycles. The van der Waals surface area contributed by atoms with Gasteiger partial charge in [-0.3, -0.25) is 0 Å². The first kappa shape index (κ1) is 22.5. The molecule has 182 valence electrons. The van der Waals surface area contributed by atoms with Crippen molar-refractivity contribution < 1.29 is 17.9 Å². The summed E-state index contributed by atoms with van der Waals surface area (Å²) in [6, 6.07) is 13.4.